The molecule has 0 fully saturated rings. The second-order valence-electron chi connectivity index (χ2n) is 13.8. The molecule has 0 aromatic heterocycles. The summed E-state index contributed by atoms with van der Waals surface area (Å²) in [6.07, 6.45) is 56.5. The maximum absolute atomic E-state index is 2.31. The van der Waals surface area contributed by atoms with Gasteiger partial charge in [-0.15, -0.1) is 8.58 Å². The SMILES string of the molecule is CCCCCCCCCCCCCCCCCCCCPCCCCCCCCCCCCCCCCCCCC. The highest BCUT2D eigenvalue weighted by atomic mass is 31.1. The van der Waals surface area contributed by atoms with Crippen LogP contribution in [0.1, 0.15) is 245 Å². The van der Waals surface area contributed by atoms with Crippen molar-refractivity contribution in [2.24, 2.45) is 0 Å². The Morgan fingerprint density at radius 1 is 0.195 bits per heavy atom. The summed E-state index contributed by atoms with van der Waals surface area (Å²) in [5.41, 5.74) is 0. The molecule has 41 heavy (non-hydrogen) atoms. The van der Waals surface area contributed by atoms with Crippen molar-refractivity contribution < 1.29 is 0 Å². The molecular formula is C40H83P. The summed E-state index contributed by atoms with van der Waals surface area (Å²) < 4.78 is 0. The fourth-order valence-corrected chi connectivity index (χ4v) is 7.68. The van der Waals surface area contributed by atoms with Crippen molar-refractivity contribution in [3.8, 4) is 0 Å². The number of unbranched alkanes of at least 4 members (excludes halogenated alkanes) is 34. The molecule has 0 amide bonds. The normalized spacial score (nSPS) is 11.6. The Balaban J connectivity index is 3.02. The monoisotopic (exact) mass is 595 g/mol. The van der Waals surface area contributed by atoms with Crippen molar-refractivity contribution in [2.45, 2.75) is 245 Å². The molecule has 0 atom stereocenters. The van der Waals surface area contributed by atoms with Gasteiger partial charge in [-0.25, -0.2) is 0 Å². The molecule has 0 radical (unpaired) electrons. The van der Waals surface area contributed by atoms with Crippen LogP contribution in [0, 0.1) is 0 Å². The molecule has 0 saturated heterocycles. The minimum absolute atomic E-state index is 1.25. The van der Waals surface area contributed by atoms with E-state index in [4.69, 9.17) is 0 Å². The van der Waals surface area contributed by atoms with Crippen molar-refractivity contribution in [3.05, 3.63) is 0 Å². The first-order valence-electron chi connectivity index (χ1n) is 20.1. The van der Waals surface area contributed by atoms with Gasteiger partial charge in [-0.05, 0) is 25.2 Å². The first kappa shape index (κ1) is 41.4. The number of hydrogen-bond acceptors (Lipinski definition) is 0. The second-order valence-corrected chi connectivity index (χ2v) is 15.3. The lowest BCUT2D eigenvalue weighted by molar-refractivity contribution is 0.526. The molecule has 0 aromatic rings. The smallest absolute Gasteiger partial charge is 0.0353 e. The lowest BCUT2D eigenvalue weighted by Gasteiger charge is -2.05. The summed E-state index contributed by atoms with van der Waals surface area (Å²) in [6.45, 7) is 4.62. The summed E-state index contributed by atoms with van der Waals surface area (Å²) in [5.74, 6) is 0. The maximum atomic E-state index is 2.31. The zero-order valence-corrected chi connectivity index (χ0v) is 30.4. The molecule has 0 nitrogen and oxygen atoms in total. The van der Waals surface area contributed by atoms with Gasteiger partial charge in [0.05, 0.1) is 0 Å². The molecular weight excluding hydrogens is 511 g/mol. The van der Waals surface area contributed by atoms with Crippen molar-refractivity contribution in [1.29, 1.82) is 0 Å². The zero-order valence-electron chi connectivity index (χ0n) is 29.4. The largest absolute Gasteiger partial charge is 0.122 e. The fraction of sp³-hybridized carbons (Fsp3) is 1.00. The molecule has 0 unspecified atom stereocenters. The molecule has 0 aliphatic rings. The lowest BCUT2D eigenvalue weighted by atomic mass is 10.0. The van der Waals surface area contributed by atoms with Crippen LogP contribution in [-0.2, 0) is 0 Å². The van der Waals surface area contributed by atoms with E-state index in [9.17, 15) is 0 Å². The Morgan fingerprint density at radius 2 is 0.341 bits per heavy atom. The van der Waals surface area contributed by atoms with Crippen LogP contribution in [-0.4, -0.2) is 12.3 Å². The first-order valence-corrected chi connectivity index (χ1v) is 21.5. The molecule has 0 bridgehead atoms. The van der Waals surface area contributed by atoms with Gasteiger partial charge in [-0.2, -0.15) is 0 Å². The fourth-order valence-electron chi connectivity index (χ4n) is 6.43. The highest BCUT2D eigenvalue weighted by Gasteiger charge is 1.97. The quantitative estimate of drug-likeness (QED) is 0.0492. The highest BCUT2D eigenvalue weighted by Crippen LogP contribution is 2.19. The van der Waals surface area contributed by atoms with E-state index in [1.54, 1.807) is 0 Å². The van der Waals surface area contributed by atoms with E-state index >= 15 is 0 Å². The zero-order chi connectivity index (χ0) is 29.6. The predicted octanol–water partition coefficient (Wildman–Crippen LogP) is 15.7. The molecule has 0 rings (SSSR count). The Hall–Kier alpha value is 0.430. The molecule has 248 valence electrons. The van der Waals surface area contributed by atoms with E-state index in [2.05, 4.69) is 13.8 Å². The van der Waals surface area contributed by atoms with Gasteiger partial charge >= 0.3 is 0 Å². The van der Waals surface area contributed by atoms with Crippen molar-refractivity contribution in [3.63, 3.8) is 0 Å². The Kier molecular flexibility index (Phi) is 40.9. The van der Waals surface area contributed by atoms with Crippen molar-refractivity contribution in [1.82, 2.24) is 0 Å². The minimum Gasteiger partial charge on any atom is -0.122 e. The van der Waals surface area contributed by atoms with Crippen molar-refractivity contribution >= 4 is 8.58 Å². The Morgan fingerprint density at radius 3 is 0.512 bits per heavy atom. The second kappa shape index (κ2) is 40.4. The van der Waals surface area contributed by atoms with Gasteiger partial charge in [-0.3, -0.25) is 0 Å². The predicted molar refractivity (Wildman–Crippen MR) is 196 cm³/mol. The molecule has 0 aliphatic heterocycles. The average molecular weight is 595 g/mol. The van der Waals surface area contributed by atoms with E-state index in [0.29, 0.717) is 0 Å². The summed E-state index contributed by atoms with van der Waals surface area (Å²) >= 11 is 0. The molecule has 0 spiro atoms. The van der Waals surface area contributed by atoms with Crippen LogP contribution in [0.5, 0.6) is 0 Å². The Labute approximate surface area is 265 Å². The molecule has 0 aromatic carbocycles. The standard InChI is InChI=1S/C40H83P/c1-3-5-7-9-11-13-15-17-19-21-23-25-27-29-31-33-35-37-39-41-40-38-36-34-32-30-28-26-24-22-20-18-16-14-12-10-8-6-4-2/h41H,3-40H2,1-2H3. The van der Waals surface area contributed by atoms with Crippen LogP contribution >= 0.6 is 8.58 Å². The van der Waals surface area contributed by atoms with Gasteiger partial charge in [-0.1, -0.05) is 232 Å². The van der Waals surface area contributed by atoms with E-state index in [1.165, 1.54) is 252 Å². The molecule has 0 saturated carbocycles. The summed E-state index contributed by atoms with van der Waals surface area (Å²) in [4.78, 5) is 0. The van der Waals surface area contributed by atoms with E-state index in [1.807, 2.05) is 0 Å². The van der Waals surface area contributed by atoms with E-state index in [0.717, 1.165) is 0 Å². The summed E-state index contributed by atoms with van der Waals surface area (Å²) in [7, 11) is 1.25. The van der Waals surface area contributed by atoms with Gasteiger partial charge < -0.3 is 0 Å². The van der Waals surface area contributed by atoms with E-state index < -0.39 is 0 Å². The Bertz CT molecular complexity index is 381. The third-order valence-electron chi connectivity index (χ3n) is 9.41. The van der Waals surface area contributed by atoms with Crippen LogP contribution < -0.4 is 0 Å². The summed E-state index contributed by atoms with van der Waals surface area (Å²) in [6, 6.07) is 0. The molecule has 0 N–H and O–H groups in total. The number of hydrogen-bond donors (Lipinski definition) is 0. The lowest BCUT2D eigenvalue weighted by Crippen LogP contribution is -1.86. The van der Waals surface area contributed by atoms with E-state index in [-0.39, 0.29) is 0 Å². The van der Waals surface area contributed by atoms with Gasteiger partial charge in [0.1, 0.15) is 0 Å². The maximum Gasteiger partial charge on any atom is -0.0353 e. The third-order valence-corrected chi connectivity index (χ3v) is 10.8. The number of rotatable bonds is 38. The van der Waals surface area contributed by atoms with Crippen LogP contribution in [0.2, 0.25) is 0 Å². The topological polar surface area (TPSA) is 0 Å². The van der Waals surface area contributed by atoms with Gasteiger partial charge in [0, 0.05) is 0 Å². The van der Waals surface area contributed by atoms with Crippen LogP contribution in [0.25, 0.3) is 0 Å². The third kappa shape index (κ3) is 40.4. The van der Waals surface area contributed by atoms with Crippen molar-refractivity contribution in [2.75, 3.05) is 12.3 Å². The van der Waals surface area contributed by atoms with Crippen LogP contribution in [0.15, 0.2) is 0 Å². The molecule has 1 heteroatoms. The average Bonchev–Trinajstić information content (AvgIpc) is 2.98. The summed E-state index contributed by atoms with van der Waals surface area (Å²) in [5, 5.41) is 0. The minimum atomic E-state index is 1.25. The molecule has 0 aliphatic carbocycles. The highest BCUT2D eigenvalue weighted by molar-refractivity contribution is 7.37. The van der Waals surface area contributed by atoms with Gasteiger partial charge in [0.25, 0.3) is 0 Å². The first-order chi connectivity index (χ1) is 20.4. The van der Waals surface area contributed by atoms with Gasteiger partial charge in [0.15, 0.2) is 0 Å². The van der Waals surface area contributed by atoms with Crippen LogP contribution in [0.3, 0.4) is 0 Å². The van der Waals surface area contributed by atoms with Crippen LogP contribution in [0.4, 0.5) is 0 Å². The van der Waals surface area contributed by atoms with Gasteiger partial charge in [0.2, 0.25) is 0 Å². The molecule has 0 heterocycles.